The molecule has 5 heteroatoms. The minimum Gasteiger partial charge on any atom is -0.355 e. The van der Waals surface area contributed by atoms with Gasteiger partial charge in [-0.25, -0.2) is 0 Å². The molecule has 0 radical (unpaired) electrons. The molecule has 0 spiro atoms. The first-order chi connectivity index (χ1) is 10.3. The maximum Gasteiger partial charge on any atom is 0.228 e. The van der Waals surface area contributed by atoms with Crippen LogP contribution in [-0.2, 0) is 17.9 Å². The van der Waals surface area contributed by atoms with E-state index in [-0.39, 0.29) is 11.8 Å². The highest BCUT2D eigenvalue weighted by Gasteiger charge is 2.25. The van der Waals surface area contributed by atoms with Crippen LogP contribution in [0.1, 0.15) is 23.5 Å². The van der Waals surface area contributed by atoms with E-state index < -0.39 is 0 Å². The van der Waals surface area contributed by atoms with Gasteiger partial charge in [-0.3, -0.25) is 9.48 Å². The largest absolute Gasteiger partial charge is 0.355 e. The highest BCUT2D eigenvalue weighted by molar-refractivity contribution is 5.84. The average Bonchev–Trinajstić information content (AvgIpc) is 3.04. The standard InChI is InChI=1S/C16H20N4O/c21-16(18-7-3-9-20-10-4-8-19-20)15-12-17-11-13-5-1-2-6-14(13)15/h1-2,4-6,8,10,15,17H,3,7,9,11-12H2,(H,18,21). The summed E-state index contributed by atoms with van der Waals surface area (Å²) >= 11 is 0. The number of nitrogens with one attached hydrogen (secondary N) is 2. The third-order valence-corrected chi connectivity index (χ3v) is 3.83. The van der Waals surface area contributed by atoms with E-state index in [9.17, 15) is 4.79 Å². The van der Waals surface area contributed by atoms with Gasteiger partial charge < -0.3 is 10.6 Å². The maximum absolute atomic E-state index is 12.3. The van der Waals surface area contributed by atoms with Crippen molar-refractivity contribution in [1.82, 2.24) is 20.4 Å². The van der Waals surface area contributed by atoms with Gasteiger partial charge in [0.1, 0.15) is 0 Å². The zero-order valence-electron chi connectivity index (χ0n) is 12.0. The second kappa shape index (κ2) is 6.54. The SMILES string of the molecule is O=C(NCCCn1cccn1)C1CNCc2ccccc21. The van der Waals surface area contributed by atoms with Crippen LogP contribution >= 0.6 is 0 Å². The Morgan fingerprint density at radius 3 is 3.14 bits per heavy atom. The van der Waals surface area contributed by atoms with Crippen molar-refractivity contribution in [3.8, 4) is 0 Å². The van der Waals surface area contributed by atoms with Crippen molar-refractivity contribution < 1.29 is 4.79 Å². The molecule has 1 aliphatic rings. The highest BCUT2D eigenvalue weighted by atomic mass is 16.1. The van der Waals surface area contributed by atoms with E-state index in [4.69, 9.17) is 0 Å². The molecule has 1 unspecified atom stereocenters. The fraction of sp³-hybridized carbons (Fsp3) is 0.375. The van der Waals surface area contributed by atoms with Crippen LogP contribution in [-0.4, -0.2) is 28.8 Å². The fourth-order valence-electron chi connectivity index (χ4n) is 2.74. The van der Waals surface area contributed by atoms with Crippen LogP contribution in [0.25, 0.3) is 0 Å². The summed E-state index contributed by atoms with van der Waals surface area (Å²) < 4.78 is 1.88. The van der Waals surface area contributed by atoms with Crippen LogP contribution in [0.15, 0.2) is 42.7 Å². The minimum absolute atomic E-state index is 0.0837. The van der Waals surface area contributed by atoms with Gasteiger partial charge in [0, 0.05) is 38.6 Å². The third-order valence-electron chi connectivity index (χ3n) is 3.83. The van der Waals surface area contributed by atoms with Crippen molar-refractivity contribution in [1.29, 1.82) is 0 Å². The van der Waals surface area contributed by atoms with Gasteiger partial charge in [-0.15, -0.1) is 0 Å². The Morgan fingerprint density at radius 1 is 1.38 bits per heavy atom. The van der Waals surface area contributed by atoms with Crippen molar-refractivity contribution in [2.24, 2.45) is 0 Å². The van der Waals surface area contributed by atoms with E-state index in [2.05, 4.69) is 27.9 Å². The van der Waals surface area contributed by atoms with Gasteiger partial charge in [0.2, 0.25) is 5.91 Å². The van der Waals surface area contributed by atoms with Crippen LogP contribution < -0.4 is 10.6 Å². The number of fused-ring (bicyclic) bond motifs is 1. The number of aromatic nitrogens is 2. The molecule has 110 valence electrons. The van der Waals surface area contributed by atoms with Gasteiger partial charge in [0.05, 0.1) is 5.92 Å². The summed E-state index contributed by atoms with van der Waals surface area (Å²) in [6, 6.07) is 10.1. The number of aryl methyl sites for hydroxylation is 1. The van der Waals surface area contributed by atoms with Gasteiger partial charge in [-0.1, -0.05) is 24.3 Å². The molecule has 1 aromatic heterocycles. The van der Waals surface area contributed by atoms with Gasteiger partial charge in [-0.2, -0.15) is 5.10 Å². The molecule has 0 saturated carbocycles. The van der Waals surface area contributed by atoms with Crippen LogP contribution in [0.5, 0.6) is 0 Å². The molecule has 21 heavy (non-hydrogen) atoms. The number of nitrogens with zero attached hydrogens (tertiary/aromatic N) is 2. The lowest BCUT2D eigenvalue weighted by molar-refractivity contribution is -0.122. The monoisotopic (exact) mass is 284 g/mol. The minimum atomic E-state index is -0.0837. The van der Waals surface area contributed by atoms with E-state index in [0.29, 0.717) is 13.1 Å². The molecule has 0 aliphatic carbocycles. The number of amides is 1. The summed E-state index contributed by atoms with van der Waals surface area (Å²) in [6.07, 6.45) is 4.58. The van der Waals surface area contributed by atoms with Gasteiger partial charge in [0.25, 0.3) is 0 Å². The van der Waals surface area contributed by atoms with Gasteiger partial charge in [0.15, 0.2) is 0 Å². The Balaban J connectivity index is 1.52. The second-order valence-corrected chi connectivity index (χ2v) is 5.30. The Hall–Kier alpha value is -2.14. The Bertz CT molecular complexity index is 594. The summed E-state index contributed by atoms with van der Waals surface area (Å²) in [7, 11) is 0. The van der Waals surface area contributed by atoms with Crippen molar-refractivity contribution in [3.05, 3.63) is 53.9 Å². The van der Waals surface area contributed by atoms with Crippen molar-refractivity contribution in [2.45, 2.75) is 25.4 Å². The number of hydrogen-bond acceptors (Lipinski definition) is 3. The molecule has 2 N–H and O–H groups in total. The van der Waals surface area contributed by atoms with E-state index in [0.717, 1.165) is 25.1 Å². The summed E-state index contributed by atoms with van der Waals surface area (Å²) in [5, 5.41) is 10.5. The molecule has 1 aromatic carbocycles. The number of benzene rings is 1. The summed E-state index contributed by atoms with van der Waals surface area (Å²) in [5.41, 5.74) is 2.38. The molecule has 2 heterocycles. The third kappa shape index (κ3) is 3.31. The molecule has 0 saturated heterocycles. The van der Waals surface area contributed by atoms with E-state index in [1.54, 1.807) is 6.20 Å². The zero-order valence-corrected chi connectivity index (χ0v) is 12.0. The van der Waals surface area contributed by atoms with Crippen molar-refractivity contribution in [2.75, 3.05) is 13.1 Å². The lowest BCUT2D eigenvalue weighted by atomic mass is 9.90. The molecule has 1 atom stereocenters. The van der Waals surface area contributed by atoms with E-state index >= 15 is 0 Å². The van der Waals surface area contributed by atoms with Crippen LogP contribution in [0.3, 0.4) is 0 Å². The van der Waals surface area contributed by atoms with E-state index in [1.165, 1.54) is 5.56 Å². The molecule has 0 bridgehead atoms. The van der Waals surface area contributed by atoms with Gasteiger partial charge in [-0.05, 0) is 23.6 Å². The van der Waals surface area contributed by atoms with E-state index in [1.807, 2.05) is 29.1 Å². The number of hydrogen-bond donors (Lipinski definition) is 2. The first-order valence-electron chi connectivity index (χ1n) is 7.38. The first-order valence-corrected chi connectivity index (χ1v) is 7.38. The zero-order chi connectivity index (χ0) is 14.5. The van der Waals surface area contributed by atoms with Crippen LogP contribution in [0.4, 0.5) is 0 Å². The fourth-order valence-corrected chi connectivity index (χ4v) is 2.74. The highest BCUT2D eigenvalue weighted by Crippen LogP contribution is 2.23. The first kappa shape index (κ1) is 13.8. The maximum atomic E-state index is 12.3. The predicted octanol–water partition coefficient (Wildman–Crippen LogP) is 1.28. The number of rotatable bonds is 5. The Kier molecular flexibility index (Phi) is 4.31. The van der Waals surface area contributed by atoms with Crippen LogP contribution in [0.2, 0.25) is 0 Å². The van der Waals surface area contributed by atoms with Gasteiger partial charge >= 0.3 is 0 Å². The molecule has 2 aromatic rings. The quantitative estimate of drug-likeness (QED) is 0.813. The number of carbonyl (C=O) groups is 1. The topological polar surface area (TPSA) is 59.0 Å². The molecule has 5 nitrogen and oxygen atoms in total. The summed E-state index contributed by atoms with van der Waals surface area (Å²) in [4.78, 5) is 12.3. The van der Waals surface area contributed by atoms with Crippen LogP contribution in [0, 0.1) is 0 Å². The van der Waals surface area contributed by atoms with Crippen molar-refractivity contribution in [3.63, 3.8) is 0 Å². The lowest BCUT2D eigenvalue weighted by Crippen LogP contribution is -2.39. The Morgan fingerprint density at radius 2 is 2.29 bits per heavy atom. The molecule has 1 aliphatic heterocycles. The predicted molar refractivity (Wildman–Crippen MR) is 80.7 cm³/mol. The summed E-state index contributed by atoms with van der Waals surface area (Å²) in [5.74, 6) is 0.0229. The number of carbonyl (C=O) groups excluding carboxylic acids is 1. The molecular weight excluding hydrogens is 264 g/mol. The second-order valence-electron chi connectivity index (χ2n) is 5.30. The molecule has 3 rings (SSSR count). The normalized spacial score (nSPS) is 17.2. The lowest BCUT2D eigenvalue weighted by Gasteiger charge is -2.25. The Labute approximate surface area is 124 Å². The summed E-state index contributed by atoms with van der Waals surface area (Å²) in [6.45, 7) is 3.06. The van der Waals surface area contributed by atoms with Crippen molar-refractivity contribution >= 4 is 5.91 Å². The molecule has 0 fully saturated rings. The average molecular weight is 284 g/mol. The molecule has 1 amide bonds. The molecular formula is C16H20N4O. The smallest absolute Gasteiger partial charge is 0.228 e.